The summed E-state index contributed by atoms with van der Waals surface area (Å²) in [5.74, 6) is 0.480. The van der Waals surface area contributed by atoms with Crippen molar-refractivity contribution in [3.63, 3.8) is 0 Å². The van der Waals surface area contributed by atoms with E-state index in [1.54, 1.807) is 0 Å². The molecule has 0 spiro atoms. The van der Waals surface area contributed by atoms with Crippen molar-refractivity contribution in [1.82, 2.24) is 4.90 Å². The lowest BCUT2D eigenvalue weighted by molar-refractivity contribution is -0.107. The molecule has 1 aliphatic rings. The summed E-state index contributed by atoms with van der Waals surface area (Å²) in [6.45, 7) is 7.89. The van der Waals surface area contributed by atoms with E-state index < -0.39 is 5.60 Å². The Bertz CT molecular complexity index is 570. The fraction of sp³-hybridized carbons (Fsp3) is 0.600. The highest BCUT2D eigenvalue weighted by atomic mass is 16.6. The zero-order chi connectivity index (χ0) is 18.4. The van der Waals surface area contributed by atoms with Gasteiger partial charge in [-0.05, 0) is 57.2 Å². The molecule has 0 aromatic heterocycles. The lowest BCUT2D eigenvalue weighted by atomic mass is 9.89. The van der Waals surface area contributed by atoms with Gasteiger partial charge in [0.2, 0.25) is 0 Å². The van der Waals surface area contributed by atoms with Crippen LogP contribution in [0.2, 0.25) is 0 Å². The van der Waals surface area contributed by atoms with Gasteiger partial charge in [-0.1, -0.05) is 12.1 Å². The van der Waals surface area contributed by atoms with E-state index in [9.17, 15) is 9.59 Å². The second-order valence-electron chi connectivity index (χ2n) is 7.71. The molecule has 5 nitrogen and oxygen atoms in total. The van der Waals surface area contributed by atoms with Crippen LogP contribution in [0.15, 0.2) is 24.3 Å². The molecule has 0 N–H and O–H groups in total. The minimum Gasteiger partial charge on any atom is -0.444 e. The van der Waals surface area contributed by atoms with Crippen LogP contribution in [0.3, 0.4) is 0 Å². The number of carbonyl (C=O) groups is 2. The van der Waals surface area contributed by atoms with Crippen molar-refractivity contribution >= 4 is 18.1 Å². The quantitative estimate of drug-likeness (QED) is 0.761. The van der Waals surface area contributed by atoms with E-state index in [0.29, 0.717) is 12.3 Å². The van der Waals surface area contributed by atoms with E-state index in [1.165, 1.54) is 5.56 Å². The first-order valence-corrected chi connectivity index (χ1v) is 9.03. The van der Waals surface area contributed by atoms with E-state index in [0.717, 1.165) is 44.4 Å². The van der Waals surface area contributed by atoms with Gasteiger partial charge in [0.15, 0.2) is 0 Å². The van der Waals surface area contributed by atoms with E-state index in [2.05, 4.69) is 29.2 Å². The van der Waals surface area contributed by atoms with Crippen LogP contribution in [-0.4, -0.2) is 49.6 Å². The van der Waals surface area contributed by atoms with Gasteiger partial charge < -0.3 is 19.3 Å². The molecule has 1 fully saturated rings. The topological polar surface area (TPSA) is 49.9 Å². The number of ether oxygens (including phenoxy) is 1. The number of aldehydes is 1. The molecule has 1 heterocycles. The Labute approximate surface area is 150 Å². The second-order valence-corrected chi connectivity index (χ2v) is 7.71. The molecule has 0 unspecified atom stereocenters. The van der Waals surface area contributed by atoms with Gasteiger partial charge >= 0.3 is 6.09 Å². The van der Waals surface area contributed by atoms with Crippen LogP contribution in [0.1, 0.15) is 51.5 Å². The van der Waals surface area contributed by atoms with E-state index in [1.807, 2.05) is 32.7 Å². The molecule has 5 heteroatoms. The summed E-state index contributed by atoms with van der Waals surface area (Å²) in [5.41, 5.74) is 1.99. The van der Waals surface area contributed by atoms with Crippen LogP contribution in [0.5, 0.6) is 0 Å². The number of benzene rings is 1. The molecule has 0 aliphatic carbocycles. The summed E-state index contributed by atoms with van der Waals surface area (Å²) in [4.78, 5) is 26.5. The third-order valence-corrected chi connectivity index (χ3v) is 4.53. The molecule has 25 heavy (non-hydrogen) atoms. The maximum absolute atomic E-state index is 12.1. The van der Waals surface area contributed by atoms with Crippen molar-refractivity contribution in [3.05, 3.63) is 29.8 Å². The van der Waals surface area contributed by atoms with Crippen LogP contribution < -0.4 is 4.90 Å². The summed E-state index contributed by atoms with van der Waals surface area (Å²) >= 11 is 0. The summed E-state index contributed by atoms with van der Waals surface area (Å²) in [6, 6.07) is 8.56. The molecule has 1 saturated heterocycles. The number of anilines is 1. The smallest absolute Gasteiger partial charge is 0.410 e. The number of likely N-dealkylation sites (tertiary alicyclic amines) is 1. The predicted molar refractivity (Wildman–Crippen MR) is 100 cm³/mol. The van der Waals surface area contributed by atoms with Crippen LogP contribution >= 0.6 is 0 Å². The van der Waals surface area contributed by atoms with E-state index >= 15 is 0 Å². The Morgan fingerprint density at radius 2 is 1.84 bits per heavy atom. The Kier molecular flexibility index (Phi) is 6.45. The summed E-state index contributed by atoms with van der Waals surface area (Å²) in [6.07, 6.45) is 3.20. The Morgan fingerprint density at radius 3 is 2.36 bits per heavy atom. The first-order valence-electron chi connectivity index (χ1n) is 9.03. The molecule has 138 valence electrons. The number of hydrogen-bond acceptors (Lipinski definition) is 4. The molecule has 1 aromatic rings. The largest absolute Gasteiger partial charge is 0.444 e. The normalized spacial score (nSPS) is 15.8. The van der Waals surface area contributed by atoms with Gasteiger partial charge in [-0.25, -0.2) is 4.79 Å². The molecule has 0 saturated carbocycles. The van der Waals surface area contributed by atoms with Gasteiger partial charge in [-0.3, -0.25) is 0 Å². The number of piperidine rings is 1. The Morgan fingerprint density at radius 1 is 1.24 bits per heavy atom. The highest BCUT2D eigenvalue weighted by Crippen LogP contribution is 2.30. The highest BCUT2D eigenvalue weighted by Gasteiger charge is 2.27. The third-order valence-electron chi connectivity index (χ3n) is 4.53. The van der Waals surface area contributed by atoms with Crippen molar-refractivity contribution in [2.45, 2.75) is 51.6 Å². The molecular weight excluding hydrogens is 316 g/mol. The average Bonchev–Trinajstić information content (AvgIpc) is 2.58. The molecule has 0 atom stereocenters. The average molecular weight is 346 g/mol. The lowest BCUT2D eigenvalue weighted by Gasteiger charge is -2.33. The number of nitrogens with zero attached hydrogens (tertiary/aromatic N) is 2. The Balaban J connectivity index is 1.88. The molecular formula is C20H30N2O3. The Hall–Kier alpha value is -2.04. The number of amides is 1. The van der Waals surface area contributed by atoms with Crippen molar-refractivity contribution in [2.24, 2.45) is 0 Å². The SMILES string of the molecule is CN(CCC=O)c1ccc(C2CCN(C(=O)OC(C)(C)C)CC2)cc1. The standard InChI is InChI=1S/C20H30N2O3/c1-20(2,3)25-19(24)22-13-10-17(11-14-22)16-6-8-18(9-7-16)21(4)12-5-15-23/h6-9,15,17H,5,10-14H2,1-4H3. The van der Waals surface area contributed by atoms with Crippen LogP contribution in [0.25, 0.3) is 0 Å². The van der Waals surface area contributed by atoms with Crippen molar-refractivity contribution in [2.75, 3.05) is 31.6 Å². The van der Waals surface area contributed by atoms with Crippen LogP contribution in [0.4, 0.5) is 10.5 Å². The van der Waals surface area contributed by atoms with E-state index in [4.69, 9.17) is 4.74 Å². The fourth-order valence-electron chi connectivity index (χ4n) is 3.10. The molecule has 2 rings (SSSR count). The van der Waals surface area contributed by atoms with Crippen LogP contribution in [-0.2, 0) is 9.53 Å². The number of rotatable bonds is 5. The van der Waals surface area contributed by atoms with E-state index in [-0.39, 0.29) is 6.09 Å². The molecule has 1 aliphatic heterocycles. The summed E-state index contributed by atoms with van der Waals surface area (Å²) in [5, 5.41) is 0. The monoisotopic (exact) mass is 346 g/mol. The minimum atomic E-state index is -0.445. The van der Waals surface area contributed by atoms with Gasteiger partial charge in [-0.15, -0.1) is 0 Å². The fourth-order valence-corrected chi connectivity index (χ4v) is 3.10. The van der Waals surface area contributed by atoms with Crippen molar-refractivity contribution < 1.29 is 14.3 Å². The maximum atomic E-state index is 12.1. The molecule has 1 aromatic carbocycles. The minimum absolute atomic E-state index is 0.210. The zero-order valence-corrected chi connectivity index (χ0v) is 15.8. The van der Waals surface area contributed by atoms with Gasteiger partial charge in [0, 0.05) is 38.8 Å². The van der Waals surface area contributed by atoms with Gasteiger partial charge in [0.05, 0.1) is 0 Å². The van der Waals surface area contributed by atoms with Gasteiger partial charge in [0.1, 0.15) is 11.9 Å². The molecule has 0 bridgehead atoms. The van der Waals surface area contributed by atoms with Crippen molar-refractivity contribution in [1.29, 1.82) is 0 Å². The van der Waals surface area contributed by atoms with Crippen molar-refractivity contribution in [3.8, 4) is 0 Å². The summed E-state index contributed by atoms with van der Waals surface area (Å²) < 4.78 is 5.45. The third kappa shape index (κ3) is 5.76. The first-order chi connectivity index (χ1) is 11.8. The lowest BCUT2D eigenvalue weighted by Crippen LogP contribution is -2.41. The van der Waals surface area contributed by atoms with Gasteiger partial charge in [-0.2, -0.15) is 0 Å². The highest BCUT2D eigenvalue weighted by molar-refractivity contribution is 5.68. The van der Waals surface area contributed by atoms with Crippen LogP contribution in [0, 0.1) is 0 Å². The molecule has 1 amide bonds. The second kappa shape index (κ2) is 8.37. The summed E-state index contributed by atoms with van der Waals surface area (Å²) in [7, 11) is 2.00. The number of hydrogen-bond donors (Lipinski definition) is 0. The molecule has 0 radical (unpaired) electrons. The maximum Gasteiger partial charge on any atom is 0.410 e. The number of carbonyl (C=O) groups excluding carboxylic acids is 2. The first kappa shape index (κ1) is 19.3. The zero-order valence-electron chi connectivity index (χ0n) is 15.8. The predicted octanol–water partition coefficient (Wildman–Crippen LogP) is 3.83. The van der Waals surface area contributed by atoms with Gasteiger partial charge in [0.25, 0.3) is 0 Å².